The Morgan fingerprint density at radius 3 is 2.31 bits per heavy atom. The van der Waals surface area contributed by atoms with Gasteiger partial charge in [0.15, 0.2) is 0 Å². The maximum Gasteiger partial charge on any atom is 0.0612 e. The monoisotopic (exact) mass is 178 g/mol. The van der Waals surface area contributed by atoms with Crippen LogP contribution in [0.5, 0.6) is 0 Å². The fraction of sp³-hybridized carbons (Fsp3) is 0.500. The van der Waals surface area contributed by atoms with Gasteiger partial charge in [0, 0.05) is 12.5 Å². The molecule has 0 saturated heterocycles. The molecule has 1 heteroatoms. The van der Waals surface area contributed by atoms with Crippen molar-refractivity contribution < 1.29 is 4.74 Å². The SMILES string of the molecule is CCOC(C)C(C)c1ccccc1. The van der Waals surface area contributed by atoms with E-state index in [4.69, 9.17) is 4.74 Å². The molecule has 1 rings (SSSR count). The van der Waals surface area contributed by atoms with Gasteiger partial charge >= 0.3 is 0 Å². The van der Waals surface area contributed by atoms with Crippen LogP contribution in [0.1, 0.15) is 32.3 Å². The molecule has 0 fully saturated rings. The first-order valence-electron chi connectivity index (χ1n) is 4.92. The predicted octanol–water partition coefficient (Wildman–Crippen LogP) is 3.22. The molecule has 0 radical (unpaired) electrons. The van der Waals surface area contributed by atoms with Crippen LogP contribution in [-0.4, -0.2) is 12.7 Å². The second kappa shape index (κ2) is 5.03. The van der Waals surface area contributed by atoms with Crippen LogP contribution in [0.4, 0.5) is 0 Å². The van der Waals surface area contributed by atoms with Crippen molar-refractivity contribution in [3.8, 4) is 0 Å². The molecule has 0 aromatic heterocycles. The van der Waals surface area contributed by atoms with E-state index in [1.807, 2.05) is 13.0 Å². The third-order valence-corrected chi connectivity index (χ3v) is 2.46. The molecule has 0 bridgehead atoms. The van der Waals surface area contributed by atoms with Crippen LogP contribution in [0.25, 0.3) is 0 Å². The van der Waals surface area contributed by atoms with Gasteiger partial charge in [-0.15, -0.1) is 0 Å². The second-order valence-electron chi connectivity index (χ2n) is 3.36. The Labute approximate surface area is 80.7 Å². The number of hydrogen-bond donors (Lipinski definition) is 0. The minimum Gasteiger partial charge on any atom is -0.378 e. The summed E-state index contributed by atoms with van der Waals surface area (Å²) in [6.07, 6.45) is 0.299. The molecule has 1 aromatic carbocycles. The smallest absolute Gasteiger partial charge is 0.0612 e. The van der Waals surface area contributed by atoms with Crippen molar-refractivity contribution in [2.75, 3.05) is 6.61 Å². The average Bonchev–Trinajstić information content (AvgIpc) is 2.18. The minimum atomic E-state index is 0.299. The summed E-state index contributed by atoms with van der Waals surface area (Å²) >= 11 is 0. The van der Waals surface area contributed by atoms with Crippen molar-refractivity contribution >= 4 is 0 Å². The molecule has 0 amide bonds. The molecule has 0 heterocycles. The molecule has 0 aliphatic heterocycles. The molecule has 0 aliphatic carbocycles. The van der Waals surface area contributed by atoms with Crippen LogP contribution in [0.3, 0.4) is 0 Å². The quantitative estimate of drug-likeness (QED) is 0.688. The lowest BCUT2D eigenvalue weighted by molar-refractivity contribution is 0.0603. The van der Waals surface area contributed by atoms with Gasteiger partial charge in [0.05, 0.1) is 6.10 Å². The van der Waals surface area contributed by atoms with Gasteiger partial charge in [-0.05, 0) is 19.4 Å². The molecule has 2 unspecified atom stereocenters. The molecule has 2 atom stereocenters. The van der Waals surface area contributed by atoms with E-state index in [1.54, 1.807) is 0 Å². The first-order valence-corrected chi connectivity index (χ1v) is 4.92. The summed E-state index contributed by atoms with van der Waals surface area (Å²) < 4.78 is 5.56. The Kier molecular flexibility index (Phi) is 3.97. The Morgan fingerprint density at radius 2 is 1.77 bits per heavy atom. The van der Waals surface area contributed by atoms with Gasteiger partial charge in [0.25, 0.3) is 0 Å². The van der Waals surface area contributed by atoms with Crippen LogP contribution in [-0.2, 0) is 4.74 Å². The van der Waals surface area contributed by atoms with Crippen molar-refractivity contribution in [3.05, 3.63) is 35.9 Å². The average molecular weight is 178 g/mol. The molecule has 0 saturated carbocycles. The first-order chi connectivity index (χ1) is 6.25. The van der Waals surface area contributed by atoms with Gasteiger partial charge < -0.3 is 4.74 Å². The lowest BCUT2D eigenvalue weighted by Gasteiger charge is -2.19. The largest absolute Gasteiger partial charge is 0.378 e. The van der Waals surface area contributed by atoms with Crippen LogP contribution in [0.2, 0.25) is 0 Å². The maximum absolute atomic E-state index is 5.56. The molecular weight excluding hydrogens is 160 g/mol. The lowest BCUT2D eigenvalue weighted by atomic mass is 9.96. The van der Waals surface area contributed by atoms with Crippen molar-refractivity contribution in [3.63, 3.8) is 0 Å². The maximum atomic E-state index is 5.56. The molecular formula is C12H18O. The highest BCUT2D eigenvalue weighted by Gasteiger charge is 2.13. The third kappa shape index (κ3) is 2.85. The van der Waals surface area contributed by atoms with E-state index in [0.29, 0.717) is 12.0 Å². The summed E-state index contributed by atoms with van der Waals surface area (Å²) in [5.74, 6) is 0.473. The molecule has 0 spiro atoms. The Hall–Kier alpha value is -0.820. The summed E-state index contributed by atoms with van der Waals surface area (Å²) in [5, 5.41) is 0. The zero-order valence-electron chi connectivity index (χ0n) is 8.66. The van der Waals surface area contributed by atoms with Crippen LogP contribution < -0.4 is 0 Å². The van der Waals surface area contributed by atoms with Crippen molar-refractivity contribution in [1.29, 1.82) is 0 Å². The summed E-state index contributed by atoms with van der Waals surface area (Å²) in [7, 11) is 0. The standard InChI is InChI=1S/C12H18O/c1-4-13-11(3)10(2)12-8-6-5-7-9-12/h5-11H,4H2,1-3H3. The normalized spacial score (nSPS) is 15.3. The van der Waals surface area contributed by atoms with Gasteiger partial charge in [-0.1, -0.05) is 37.3 Å². The zero-order valence-corrected chi connectivity index (χ0v) is 8.66. The third-order valence-electron chi connectivity index (χ3n) is 2.46. The van der Waals surface area contributed by atoms with Gasteiger partial charge in [0.1, 0.15) is 0 Å². The zero-order chi connectivity index (χ0) is 9.68. The van der Waals surface area contributed by atoms with Gasteiger partial charge in [0.2, 0.25) is 0 Å². The highest BCUT2D eigenvalue weighted by Crippen LogP contribution is 2.20. The Balaban J connectivity index is 2.62. The summed E-state index contributed by atoms with van der Waals surface area (Å²) in [5.41, 5.74) is 1.35. The van der Waals surface area contributed by atoms with Crippen molar-refractivity contribution in [2.24, 2.45) is 0 Å². The number of rotatable bonds is 4. The predicted molar refractivity (Wildman–Crippen MR) is 55.9 cm³/mol. The van der Waals surface area contributed by atoms with E-state index < -0.39 is 0 Å². The van der Waals surface area contributed by atoms with E-state index in [0.717, 1.165) is 6.61 Å². The number of ether oxygens (including phenoxy) is 1. The van der Waals surface area contributed by atoms with Gasteiger partial charge in [-0.2, -0.15) is 0 Å². The number of hydrogen-bond acceptors (Lipinski definition) is 1. The summed E-state index contributed by atoms with van der Waals surface area (Å²) in [4.78, 5) is 0. The fourth-order valence-corrected chi connectivity index (χ4v) is 1.43. The summed E-state index contributed by atoms with van der Waals surface area (Å²) in [6.45, 7) is 7.16. The lowest BCUT2D eigenvalue weighted by Crippen LogP contribution is -2.16. The first kappa shape index (κ1) is 10.3. The van der Waals surface area contributed by atoms with Gasteiger partial charge in [-0.25, -0.2) is 0 Å². The summed E-state index contributed by atoms with van der Waals surface area (Å²) in [6, 6.07) is 10.5. The van der Waals surface area contributed by atoms with E-state index in [2.05, 4.69) is 38.1 Å². The number of benzene rings is 1. The van der Waals surface area contributed by atoms with Gasteiger partial charge in [-0.3, -0.25) is 0 Å². The minimum absolute atomic E-state index is 0.299. The van der Waals surface area contributed by atoms with E-state index in [-0.39, 0.29) is 0 Å². The topological polar surface area (TPSA) is 9.23 Å². The molecule has 1 aromatic rings. The highest BCUT2D eigenvalue weighted by molar-refractivity contribution is 5.19. The van der Waals surface area contributed by atoms with E-state index >= 15 is 0 Å². The Bertz CT molecular complexity index is 230. The second-order valence-corrected chi connectivity index (χ2v) is 3.36. The fourth-order valence-electron chi connectivity index (χ4n) is 1.43. The van der Waals surface area contributed by atoms with Crippen molar-refractivity contribution in [1.82, 2.24) is 0 Å². The molecule has 1 nitrogen and oxygen atoms in total. The van der Waals surface area contributed by atoms with Crippen LogP contribution in [0.15, 0.2) is 30.3 Å². The Morgan fingerprint density at radius 1 is 1.15 bits per heavy atom. The van der Waals surface area contributed by atoms with E-state index in [9.17, 15) is 0 Å². The van der Waals surface area contributed by atoms with Crippen LogP contribution in [0, 0.1) is 0 Å². The van der Waals surface area contributed by atoms with Crippen molar-refractivity contribution in [2.45, 2.75) is 32.8 Å². The molecule has 72 valence electrons. The molecule has 0 aliphatic rings. The van der Waals surface area contributed by atoms with E-state index in [1.165, 1.54) is 5.56 Å². The van der Waals surface area contributed by atoms with Crippen LogP contribution >= 0.6 is 0 Å². The molecule has 0 N–H and O–H groups in total. The molecule has 13 heavy (non-hydrogen) atoms. The highest BCUT2D eigenvalue weighted by atomic mass is 16.5.